The number of benzene rings is 1. The molecule has 1 aromatic heterocycles. The zero-order chi connectivity index (χ0) is 15.6. The van der Waals surface area contributed by atoms with Gasteiger partial charge in [-0.15, -0.1) is 0 Å². The van der Waals surface area contributed by atoms with Gasteiger partial charge in [-0.05, 0) is 62.2 Å². The zero-order valence-electron chi connectivity index (χ0n) is 10.4. The van der Waals surface area contributed by atoms with Crippen molar-refractivity contribution in [1.82, 2.24) is 4.98 Å². The van der Waals surface area contributed by atoms with E-state index in [0.29, 0.717) is 14.8 Å². The standard InChI is InChI=1S/C12H9Br2N3O3S/c13-8-6-7(21(15,19)20)4-5-9(8)17-12(18)10-2-1-3-11(14)16-10/h1-6H,(H,17,18)(H2,15,19,20). The summed E-state index contributed by atoms with van der Waals surface area (Å²) < 4.78 is 23.4. The summed E-state index contributed by atoms with van der Waals surface area (Å²) in [4.78, 5) is 16.0. The molecule has 1 heterocycles. The van der Waals surface area contributed by atoms with Gasteiger partial charge in [0, 0.05) is 4.47 Å². The molecule has 0 fully saturated rings. The fourth-order valence-corrected chi connectivity index (χ4v) is 3.01. The number of nitrogens with two attached hydrogens (primary N) is 1. The van der Waals surface area contributed by atoms with Crippen LogP contribution in [0.25, 0.3) is 0 Å². The van der Waals surface area contributed by atoms with Gasteiger partial charge in [0.25, 0.3) is 5.91 Å². The highest BCUT2D eigenvalue weighted by Gasteiger charge is 2.13. The van der Waals surface area contributed by atoms with E-state index in [1.807, 2.05) is 0 Å². The number of nitrogens with zero attached hydrogens (tertiary/aromatic N) is 1. The molecule has 0 aliphatic carbocycles. The first-order valence-corrected chi connectivity index (χ1v) is 8.67. The van der Waals surface area contributed by atoms with Crippen molar-refractivity contribution in [3.05, 3.63) is 51.2 Å². The van der Waals surface area contributed by atoms with Gasteiger partial charge in [-0.25, -0.2) is 18.5 Å². The van der Waals surface area contributed by atoms with E-state index >= 15 is 0 Å². The molecule has 0 radical (unpaired) electrons. The summed E-state index contributed by atoms with van der Waals surface area (Å²) in [5.41, 5.74) is 0.640. The highest BCUT2D eigenvalue weighted by molar-refractivity contribution is 9.10. The lowest BCUT2D eigenvalue weighted by molar-refractivity contribution is 0.102. The smallest absolute Gasteiger partial charge is 0.274 e. The Morgan fingerprint density at radius 3 is 2.48 bits per heavy atom. The maximum atomic E-state index is 12.0. The van der Waals surface area contributed by atoms with E-state index in [1.165, 1.54) is 18.2 Å². The van der Waals surface area contributed by atoms with Crippen LogP contribution in [-0.2, 0) is 10.0 Å². The van der Waals surface area contributed by atoms with Gasteiger partial charge in [0.2, 0.25) is 10.0 Å². The molecule has 110 valence electrons. The molecule has 2 aromatic rings. The largest absolute Gasteiger partial charge is 0.320 e. The molecule has 2 rings (SSSR count). The molecular formula is C12H9Br2N3O3S. The second-order valence-electron chi connectivity index (χ2n) is 3.99. The Labute approximate surface area is 138 Å². The van der Waals surface area contributed by atoms with Gasteiger partial charge in [-0.1, -0.05) is 6.07 Å². The number of nitrogens with one attached hydrogen (secondary N) is 1. The van der Waals surface area contributed by atoms with E-state index < -0.39 is 15.9 Å². The number of amides is 1. The predicted octanol–water partition coefficient (Wildman–Crippen LogP) is 2.51. The van der Waals surface area contributed by atoms with Crippen molar-refractivity contribution < 1.29 is 13.2 Å². The fraction of sp³-hybridized carbons (Fsp3) is 0. The van der Waals surface area contributed by atoms with Crippen molar-refractivity contribution >= 4 is 53.5 Å². The summed E-state index contributed by atoms with van der Waals surface area (Å²) in [7, 11) is -3.79. The summed E-state index contributed by atoms with van der Waals surface area (Å²) in [6, 6.07) is 9.02. The monoisotopic (exact) mass is 433 g/mol. The van der Waals surface area contributed by atoms with E-state index in [-0.39, 0.29) is 10.6 Å². The second kappa shape index (κ2) is 6.22. The van der Waals surface area contributed by atoms with Crippen LogP contribution < -0.4 is 10.5 Å². The van der Waals surface area contributed by atoms with E-state index in [9.17, 15) is 13.2 Å². The minimum Gasteiger partial charge on any atom is -0.320 e. The molecular weight excluding hydrogens is 426 g/mol. The van der Waals surface area contributed by atoms with Crippen molar-refractivity contribution in [3.8, 4) is 0 Å². The summed E-state index contributed by atoms with van der Waals surface area (Å²) in [5, 5.41) is 7.66. The minimum atomic E-state index is -3.79. The summed E-state index contributed by atoms with van der Waals surface area (Å²) in [5.74, 6) is -0.416. The zero-order valence-corrected chi connectivity index (χ0v) is 14.4. The minimum absolute atomic E-state index is 0.0482. The SMILES string of the molecule is NS(=O)(=O)c1ccc(NC(=O)c2cccc(Br)n2)c(Br)c1. The first-order valence-electron chi connectivity index (χ1n) is 5.53. The lowest BCUT2D eigenvalue weighted by Gasteiger charge is -2.08. The van der Waals surface area contributed by atoms with Crippen molar-refractivity contribution in [2.24, 2.45) is 5.14 Å². The average Bonchev–Trinajstić information content (AvgIpc) is 2.39. The molecule has 0 saturated carbocycles. The van der Waals surface area contributed by atoms with Crippen LogP contribution in [0.3, 0.4) is 0 Å². The van der Waals surface area contributed by atoms with Crippen LogP contribution in [0.5, 0.6) is 0 Å². The van der Waals surface area contributed by atoms with Crippen LogP contribution in [-0.4, -0.2) is 19.3 Å². The maximum Gasteiger partial charge on any atom is 0.274 e. The van der Waals surface area contributed by atoms with E-state index in [1.54, 1.807) is 18.2 Å². The second-order valence-corrected chi connectivity index (χ2v) is 7.21. The molecule has 1 amide bonds. The van der Waals surface area contributed by atoms with Crippen molar-refractivity contribution in [3.63, 3.8) is 0 Å². The quantitative estimate of drug-likeness (QED) is 0.724. The highest BCUT2D eigenvalue weighted by atomic mass is 79.9. The maximum absolute atomic E-state index is 12.0. The van der Waals surface area contributed by atoms with Gasteiger partial charge in [-0.3, -0.25) is 4.79 Å². The van der Waals surface area contributed by atoms with Gasteiger partial charge in [0.1, 0.15) is 10.3 Å². The lowest BCUT2D eigenvalue weighted by atomic mass is 10.3. The van der Waals surface area contributed by atoms with Crippen molar-refractivity contribution in [2.45, 2.75) is 4.90 Å². The fourth-order valence-electron chi connectivity index (χ4n) is 1.50. The first-order chi connectivity index (χ1) is 9.77. The average molecular weight is 435 g/mol. The number of carbonyl (C=O) groups excluding carboxylic acids is 1. The van der Waals surface area contributed by atoms with Crippen LogP contribution in [0.2, 0.25) is 0 Å². The van der Waals surface area contributed by atoms with Crippen LogP contribution >= 0.6 is 31.9 Å². The Hall–Kier alpha value is -1.29. The molecule has 0 aliphatic rings. The highest BCUT2D eigenvalue weighted by Crippen LogP contribution is 2.25. The molecule has 21 heavy (non-hydrogen) atoms. The Morgan fingerprint density at radius 1 is 1.19 bits per heavy atom. The molecule has 0 aliphatic heterocycles. The number of hydrogen-bond donors (Lipinski definition) is 2. The van der Waals surface area contributed by atoms with Gasteiger partial charge >= 0.3 is 0 Å². The molecule has 6 nitrogen and oxygen atoms in total. The molecule has 1 aromatic carbocycles. The number of carbonyl (C=O) groups is 1. The number of pyridine rings is 1. The third kappa shape index (κ3) is 4.10. The topological polar surface area (TPSA) is 102 Å². The summed E-state index contributed by atoms with van der Waals surface area (Å²) in [6.45, 7) is 0. The van der Waals surface area contributed by atoms with Crippen LogP contribution in [0.15, 0.2) is 50.4 Å². The molecule has 0 saturated heterocycles. The molecule has 9 heteroatoms. The third-order valence-electron chi connectivity index (χ3n) is 2.47. The third-order valence-corrected chi connectivity index (χ3v) is 4.47. The lowest BCUT2D eigenvalue weighted by Crippen LogP contribution is -2.15. The number of sulfonamides is 1. The summed E-state index contributed by atoms with van der Waals surface area (Å²) >= 11 is 6.37. The van der Waals surface area contributed by atoms with Crippen LogP contribution in [0.1, 0.15) is 10.5 Å². The molecule has 0 spiro atoms. The van der Waals surface area contributed by atoms with Crippen molar-refractivity contribution in [1.29, 1.82) is 0 Å². The first kappa shape index (κ1) is 16.1. The number of aromatic nitrogens is 1. The number of hydrogen-bond acceptors (Lipinski definition) is 4. The molecule has 0 unspecified atom stereocenters. The van der Waals surface area contributed by atoms with E-state index in [0.717, 1.165) is 0 Å². The van der Waals surface area contributed by atoms with Crippen LogP contribution in [0.4, 0.5) is 5.69 Å². The van der Waals surface area contributed by atoms with Gasteiger partial charge in [-0.2, -0.15) is 0 Å². The van der Waals surface area contributed by atoms with Gasteiger partial charge in [0.05, 0.1) is 10.6 Å². The molecule has 3 N–H and O–H groups in total. The number of primary sulfonamides is 1. The number of halogens is 2. The normalized spacial score (nSPS) is 11.2. The Kier molecular flexibility index (Phi) is 4.77. The molecule has 0 bridgehead atoms. The predicted molar refractivity (Wildman–Crippen MR) is 85.4 cm³/mol. The summed E-state index contributed by atoms with van der Waals surface area (Å²) in [6.07, 6.45) is 0. The molecule has 0 atom stereocenters. The van der Waals surface area contributed by atoms with Crippen LogP contribution in [0, 0.1) is 0 Å². The van der Waals surface area contributed by atoms with E-state index in [4.69, 9.17) is 5.14 Å². The number of rotatable bonds is 3. The Balaban J connectivity index is 2.26. The Morgan fingerprint density at radius 2 is 1.90 bits per heavy atom. The number of anilines is 1. The Bertz CT molecular complexity index is 809. The van der Waals surface area contributed by atoms with Gasteiger partial charge in [0.15, 0.2) is 0 Å². The van der Waals surface area contributed by atoms with E-state index in [2.05, 4.69) is 42.2 Å². The van der Waals surface area contributed by atoms with Gasteiger partial charge < -0.3 is 5.32 Å². The van der Waals surface area contributed by atoms with Crippen molar-refractivity contribution in [2.75, 3.05) is 5.32 Å².